The average Bonchev–Trinajstić information content (AvgIpc) is 2.54. The first-order chi connectivity index (χ1) is 11.1. The van der Waals surface area contributed by atoms with E-state index in [1.54, 1.807) is 18.2 Å². The fraction of sp³-hybridized carbons (Fsp3) is 0.500. The van der Waals surface area contributed by atoms with E-state index < -0.39 is 0 Å². The number of methoxy groups -OCH3 is 1. The number of hydrogen-bond acceptors (Lipinski definition) is 3. The van der Waals surface area contributed by atoms with E-state index in [9.17, 15) is 9.59 Å². The van der Waals surface area contributed by atoms with E-state index in [0.717, 1.165) is 25.7 Å². The van der Waals surface area contributed by atoms with Crippen molar-refractivity contribution in [2.45, 2.75) is 38.1 Å². The molecular formula is C16H22ClN3O3. The normalized spacial score (nSPS) is 14.9. The van der Waals surface area contributed by atoms with Crippen LogP contribution in [-0.4, -0.2) is 31.6 Å². The molecule has 1 aromatic carbocycles. The maximum atomic E-state index is 11.9. The van der Waals surface area contributed by atoms with Crippen molar-refractivity contribution in [2.24, 2.45) is 0 Å². The summed E-state index contributed by atoms with van der Waals surface area (Å²) >= 11 is 5.91. The summed E-state index contributed by atoms with van der Waals surface area (Å²) in [6.07, 6.45) is 5.50. The van der Waals surface area contributed by atoms with Gasteiger partial charge in [-0.3, -0.25) is 4.79 Å². The van der Waals surface area contributed by atoms with Gasteiger partial charge in [-0.15, -0.1) is 0 Å². The Morgan fingerprint density at radius 2 is 2.00 bits per heavy atom. The van der Waals surface area contributed by atoms with Gasteiger partial charge in [-0.25, -0.2) is 4.79 Å². The molecule has 6 nitrogen and oxygen atoms in total. The van der Waals surface area contributed by atoms with Gasteiger partial charge < -0.3 is 20.7 Å². The summed E-state index contributed by atoms with van der Waals surface area (Å²) in [4.78, 5) is 23.7. The lowest BCUT2D eigenvalue weighted by atomic mass is 9.96. The smallest absolute Gasteiger partial charge is 0.315 e. The Balaban J connectivity index is 1.78. The van der Waals surface area contributed by atoms with Crippen molar-refractivity contribution >= 4 is 29.2 Å². The summed E-state index contributed by atoms with van der Waals surface area (Å²) in [7, 11) is 1.51. The minimum atomic E-state index is -0.343. The van der Waals surface area contributed by atoms with Gasteiger partial charge in [0.1, 0.15) is 5.75 Å². The number of amides is 3. The zero-order valence-electron chi connectivity index (χ0n) is 13.2. The molecular weight excluding hydrogens is 318 g/mol. The maximum Gasteiger partial charge on any atom is 0.315 e. The summed E-state index contributed by atoms with van der Waals surface area (Å²) in [5, 5.41) is 8.62. The second kappa shape index (κ2) is 8.62. The lowest BCUT2D eigenvalue weighted by Gasteiger charge is -2.22. The molecule has 1 fully saturated rings. The van der Waals surface area contributed by atoms with Crippen LogP contribution in [0.15, 0.2) is 18.2 Å². The highest BCUT2D eigenvalue weighted by atomic mass is 35.5. The first-order valence-electron chi connectivity index (χ1n) is 7.76. The third-order valence-corrected chi connectivity index (χ3v) is 4.02. The largest absolute Gasteiger partial charge is 0.495 e. The Kier molecular flexibility index (Phi) is 6.52. The molecule has 1 aromatic rings. The van der Waals surface area contributed by atoms with E-state index in [-0.39, 0.29) is 24.5 Å². The Labute approximate surface area is 140 Å². The van der Waals surface area contributed by atoms with Gasteiger partial charge in [0.15, 0.2) is 0 Å². The molecule has 0 bridgehead atoms. The van der Waals surface area contributed by atoms with Gasteiger partial charge in [-0.2, -0.15) is 0 Å². The number of halogens is 1. The van der Waals surface area contributed by atoms with Crippen molar-refractivity contribution in [2.75, 3.05) is 19.0 Å². The van der Waals surface area contributed by atoms with Crippen LogP contribution in [0, 0.1) is 0 Å². The number of benzene rings is 1. The van der Waals surface area contributed by atoms with E-state index in [4.69, 9.17) is 16.3 Å². The lowest BCUT2D eigenvalue weighted by Crippen LogP contribution is -2.45. The standard InChI is InChI=1S/C16H22ClN3O3/c1-23-14-8-7-11(17)9-13(14)20-15(21)10-18-16(22)19-12-5-3-2-4-6-12/h7-9,12H,2-6,10H2,1H3,(H,20,21)(H2,18,19,22). The van der Waals surface area contributed by atoms with Crippen LogP contribution < -0.4 is 20.7 Å². The highest BCUT2D eigenvalue weighted by Gasteiger charge is 2.16. The molecule has 0 radical (unpaired) electrons. The topological polar surface area (TPSA) is 79.5 Å². The highest BCUT2D eigenvalue weighted by molar-refractivity contribution is 6.31. The Morgan fingerprint density at radius 1 is 1.26 bits per heavy atom. The fourth-order valence-corrected chi connectivity index (χ4v) is 2.79. The second-order valence-electron chi connectivity index (χ2n) is 5.55. The zero-order chi connectivity index (χ0) is 16.7. The average molecular weight is 340 g/mol. The third-order valence-electron chi connectivity index (χ3n) is 3.79. The van der Waals surface area contributed by atoms with Crippen LogP contribution in [-0.2, 0) is 4.79 Å². The van der Waals surface area contributed by atoms with Crippen LogP contribution in [0.2, 0.25) is 5.02 Å². The third kappa shape index (κ3) is 5.63. The van der Waals surface area contributed by atoms with Gasteiger partial charge in [-0.1, -0.05) is 30.9 Å². The molecule has 0 aromatic heterocycles. The molecule has 0 unspecified atom stereocenters. The number of carbonyl (C=O) groups excluding carboxylic acids is 2. The molecule has 3 N–H and O–H groups in total. The van der Waals surface area contributed by atoms with Crippen molar-refractivity contribution in [1.82, 2.24) is 10.6 Å². The van der Waals surface area contributed by atoms with Gasteiger partial charge in [0.25, 0.3) is 0 Å². The van der Waals surface area contributed by atoms with E-state index >= 15 is 0 Å². The van der Waals surface area contributed by atoms with Crippen LogP contribution >= 0.6 is 11.6 Å². The molecule has 3 amide bonds. The Bertz CT molecular complexity index is 560. The number of urea groups is 1. The van der Waals surface area contributed by atoms with Crippen LogP contribution in [0.1, 0.15) is 32.1 Å². The summed E-state index contributed by atoms with van der Waals surface area (Å²) in [6.45, 7) is -0.117. The number of carbonyl (C=O) groups is 2. The van der Waals surface area contributed by atoms with Gasteiger partial charge in [0.05, 0.1) is 19.3 Å². The van der Waals surface area contributed by atoms with Crippen molar-refractivity contribution in [3.8, 4) is 5.75 Å². The van der Waals surface area contributed by atoms with Gasteiger partial charge >= 0.3 is 6.03 Å². The molecule has 2 rings (SSSR count). The molecule has 1 saturated carbocycles. The predicted molar refractivity (Wildman–Crippen MR) is 90.0 cm³/mol. The van der Waals surface area contributed by atoms with Crippen molar-refractivity contribution < 1.29 is 14.3 Å². The predicted octanol–water partition coefficient (Wildman–Crippen LogP) is 2.92. The van der Waals surface area contributed by atoms with Gasteiger partial charge in [0.2, 0.25) is 5.91 Å². The molecule has 23 heavy (non-hydrogen) atoms. The summed E-state index contributed by atoms with van der Waals surface area (Å²) < 4.78 is 5.15. The number of anilines is 1. The number of hydrogen-bond donors (Lipinski definition) is 3. The molecule has 0 atom stereocenters. The molecule has 0 heterocycles. The van der Waals surface area contributed by atoms with Crippen molar-refractivity contribution in [1.29, 1.82) is 0 Å². The van der Waals surface area contributed by atoms with Crippen LogP contribution in [0.25, 0.3) is 0 Å². The van der Waals surface area contributed by atoms with E-state index in [2.05, 4.69) is 16.0 Å². The Morgan fingerprint density at radius 3 is 2.70 bits per heavy atom. The second-order valence-corrected chi connectivity index (χ2v) is 5.99. The van der Waals surface area contributed by atoms with Crippen LogP contribution in [0.3, 0.4) is 0 Å². The molecule has 0 saturated heterocycles. The van der Waals surface area contributed by atoms with Crippen LogP contribution in [0.5, 0.6) is 5.75 Å². The van der Waals surface area contributed by atoms with E-state index in [1.807, 2.05) is 0 Å². The number of ether oxygens (including phenoxy) is 1. The van der Waals surface area contributed by atoms with Crippen molar-refractivity contribution in [3.63, 3.8) is 0 Å². The first kappa shape index (κ1) is 17.4. The SMILES string of the molecule is COc1ccc(Cl)cc1NC(=O)CNC(=O)NC1CCCCC1. The fourth-order valence-electron chi connectivity index (χ4n) is 2.62. The van der Waals surface area contributed by atoms with E-state index in [0.29, 0.717) is 16.5 Å². The van der Waals surface area contributed by atoms with Gasteiger partial charge in [-0.05, 0) is 31.0 Å². The van der Waals surface area contributed by atoms with Gasteiger partial charge in [0, 0.05) is 11.1 Å². The quantitative estimate of drug-likeness (QED) is 0.771. The zero-order valence-corrected chi connectivity index (χ0v) is 13.9. The molecule has 7 heteroatoms. The molecule has 1 aliphatic carbocycles. The molecule has 126 valence electrons. The summed E-state index contributed by atoms with van der Waals surface area (Å²) in [6, 6.07) is 4.83. The minimum Gasteiger partial charge on any atom is -0.495 e. The highest BCUT2D eigenvalue weighted by Crippen LogP contribution is 2.27. The number of rotatable bonds is 5. The molecule has 1 aliphatic rings. The van der Waals surface area contributed by atoms with Crippen molar-refractivity contribution in [3.05, 3.63) is 23.2 Å². The molecule has 0 spiro atoms. The maximum absolute atomic E-state index is 11.9. The minimum absolute atomic E-state index is 0.117. The monoisotopic (exact) mass is 339 g/mol. The molecule has 0 aliphatic heterocycles. The number of nitrogens with one attached hydrogen (secondary N) is 3. The summed E-state index contributed by atoms with van der Waals surface area (Å²) in [5.41, 5.74) is 0.472. The lowest BCUT2D eigenvalue weighted by molar-refractivity contribution is -0.115. The van der Waals surface area contributed by atoms with E-state index in [1.165, 1.54) is 13.5 Å². The summed E-state index contributed by atoms with van der Waals surface area (Å²) in [5.74, 6) is 0.166. The first-order valence-corrected chi connectivity index (χ1v) is 8.14. The Hall–Kier alpha value is -1.95. The van der Waals surface area contributed by atoms with Crippen LogP contribution in [0.4, 0.5) is 10.5 Å².